The molecule has 36 heavy (non-hydrogen) atoms. The summed E-state index contributed by atoms with van der Waals surface area (Å²) in [6.07, 6.45) is 3.30. The lowest BCUT2D eigenvalue weighted by Crippen LogP contribution is -2.21. The number of nitrogens with zero attached hydrogens (tertiary/aromatic N) is 7. The summed E-state index contributed by atoms with van der Waals surface area (Å²) in [6.45, 7) is 6.82. The van der Waals surface area contributed by atoms with E-state index in [-0.39, 0.29) is 17.6 Å². The monoisotopic (exact) mass is 486 g/mol. The summed E-state index contributed by atoms with van der Waals surface area (Å²) in [5.41, 5.74) is 3.45. The van der Waals surface area contributed by atoms with Crippen LogP contribution in [0.3, 0.4) is 0 Å². The average Bonchev–Trinajstić information content (AvgIpc) is 3.34. The van der Waals surface area contributed by atoms with Gasteiger partial charge in [0.2, 0.25) is 5.89 Å². The van der Waals surface area contributed by atoms with E-state index in [1.165, 1.54) is 12.1 Å². The highest BCUT2D eigenvalue weighted by Gasteiger charge is 2.23. The molecule has 1 N–H and O–H groups in total. The number of nitrogens with one attached hydrogen (secondary N) is 1. The zero-order valence-corrected chi connectivity index (χ0v) is 20.9. The molecule has 0 fully saturated rings. The van der Waals surface area contributed by atoms with Crippen molar-refractivity contribution < 1.29 is 8.81 Å². The van der Waals surface area contributed by atoms with Crippen molar-refractivity contribution in [3.8, 4) is 40.4 Å². The van der Waals surface area contributed by atoms with Crippen molar-refractivity contribution in [2.75, 3.05) is 32.5 Å². The summed E-state index contributed by atoms with van der Waals surface area (Å²) in [6, 6.07) is 10.3. The van der Waals surface area contributed by atoms with E-state index in [0.717, 1.165) is 12.1 Å². The van der Waals surface area contributed by atoms with Gasteiger partial charge in [-0.05, 0) is 65.2 Å². The number of nitriles is 1. The molecule has 0 radical (unpaired) electrons. The maximum absolute atomic E-state index is 13.9. The van der Waals surface area contributed by atoms with Crippen molar-refractivity contribution in [2.24, 2.45) is 0 Å². The quantitative estimate of drug-likeness (QED) is 0.385. The Morgan fingerprint density at radius 1 is 1.11 bits per heavy atom. The number of pyridine rings is 1. The van der Waals surface area contributed by atoms with Gasteiger partial charge in [0.25, 0.3) is 5.89 Å². The third-order valence-electron chi connectivity index (χ3n) is 5.65. The van der Waals surface area contributed by atoms with E-state index in [4.69, 9.17) is 9.40 Å². The Balaban J connectivity index is 1.68. The van der Waals surface area contributed by atoms with Crippen LogP contribution in [0.1, 0.15) is 25.2 Å². The molecule has 0 atom stereocenters. The van der Waals surface area contributed by atoms with Crippen molar-refractivity contribution >= 4 is 5.69 Å². The van der Waals surface area contributed by atoms with Crippen LogP contribution in [0.2, 0.25) is 0 Å². The topological polar surface area (TPSA) is 117 Å². The van der Waals surface area contributed by atoms with E-state index in [0.29, 0.717) is 40.6 Å². The van der Waals surface area contributed by atoms with E-state index in [1.807, 2.05) is 45.0 Å². The summed E-state index contributed by atoms with van der Waals surface area (Å²) in [7, 11) is 3.93. The second kappa shape index (κ2) is 10.2. The Bertz CT molecular complexity index is 1420. The normalized spacial score (nSPS) is 11.5. The predicted molar refractivity (Wildman–Crippen MR) is 134 cm³/mol. The molecule has 4 rings (SSSR count). The smallest absolute Gasteiger partial charge is 0.268 e. The minimum absolute atomic E-state index is 0.201. The van der Waals surface area contributed by atoms with Crippen molar-refractivity contribution in [3.05, 3.63) is 59.9 Å². The first-order valence-electron chi connectivity index (χ1n) is 11.4. The molecule has 0 aliphatic heterocycles. The molecule has 0 aliphatic carbocycles. The molecule has 4 aromatic rings. The van der Waals surface area contributed by atoms with Crippen LogP contribution < -0.4 is 5.32 Å². The van der Waals surface area contributed by atoms with Crippen LogP contribution in [0.25, 0.3) is 34.3 Å². The van der Waals surface area contributed by atoms with Gasteiger partial charge in [0.1, 0.15) is 11.5 Å². The fourth-order valence-electron chi connectivity index (χ4n) is 3.47. The molecule has 3 heterocycles. The van der Waals surface area contributed by atoms with Gasteiger partial charge in [-0.2, -0.15) is 5.26 Å². The Labute approximate surface area is 209 Å². The molecule has 10 heteroatoms. The van der Waals surface area contributed by atoms with Crippen molar-refractivity contribution in [1.29, 1.82) is 5.26 Å². The lowest BCUT2D eigenvalue weighted by molar-refractivity contribution is 0.425. The second-order valence-electron chi connectivity index (χ2n) is 9.19. The summed E-state index contributed by atoms with van der Waals surface area (Å²) < 4.78 is 19.9. The number of likely N-dealkylation sites (N-methyl/N-ethyl adjacent to an activating group) is 1. The molecule has 0 amide bonds. The van der Waals surface area contributed by atoms with Gasteiger partial charge in [0.15, 0.2) is 0 Å². The van der Waals surface area contributed by atoms with Gasteiger partial charge in [-0.25, -0.2) is 9.37 Å². The van der Waals surface area contributed by atoms with Crippen molar-refractivity contribution in [3.63, 3.8) is 0 Å². The van der Waals surface area contributed by atoms with Gasteiger partial charge in [-0.3, -0.25) is 9.97 Å². The lowest BCUT2D eigenvalue weighted by atomic mass is 9.90. The number of halogens is 1. The Morgan fingerprint density at radius 2 is 1.89 bits per heavy atom. The standard InChI is InChI=1S/C26H27FN8O/c1-16-23(32-21(14-31-16)17-8-9-30-22(12-17)26(2,3)15-28)25-34-33-24(36-25)19-7-6-18(27)13-20(19)29-10-11-35(4)5/h6-9,12-14,29H,10-11H2,1-5H3. The van der Waals surface area contributed by atoms with Gasteiger partial charge in [0, 0.05) is 30.5 Å². The Morgan fingerprint density at radius 3 is 2.64 bits per heavy atom. The highest BCUT2D eigenvalue weighted by atomic mass is 19.1. The van der Waals surface area contributed by atoms with Gasteiger partial charge in [0.05, 0.1) is 40.3 Å². The highest BCUT2D eigenvalue weighted by molar-refractivity contribution is 5.73. The molecule has 0 saturated carbocycles. The predicted octanol–water partition coefficient (Wildman–Crippen LogP) is 4.48. The van der Waals surface area contributed by atoms with Gasteiger partial charge >= 0.3 is 0 Å². The van der Waals surface area contributed by atoms with Crippen LogP contribution in [-0.2, 0) is 5.41 Å². The van der Waals surface area contributed by atoms with Crippen molar-refractivity contribution in [2.45, 2.75) is 26.2 Å². The molecule has 0 bridgehead atoms. The number of hydrogen-bond acceptors (Lipinski definition) is 9. The third-order valence-corrected chi connectivity index (χ3v) is 5.65. The maximum Gasteiger partial charge on any atom is 0.268 e. The van der Waals surface area contributed by atoms with Crippen LogP contribution in [0.5, 0.6) is 0 Å². The molecule has 3 aromatic heterocycles. The summed E-state index contributed by atoms with van der Waals surface area (Å²) >= 11 is 0. The minimum atomic E-state index is -0.744. The molecule has 0 saturated heterocycles. The second-order valence-corrected chi connectivity index (χ2v) is 9.19. The third kappa shape index (κ3) is 5.37. The van der Waals surface area contributed by atoms with E-state index in [9.17, 15) is 9.65 Å². The summed E-state index contributed by atoms with van der Waals surface area (Å²) in [4.78, 5) is 15.6. The maximum atomic E-state index is 13.9. The lowest BCUT2D eigenvalue weighted by Gasteiger charge is -2.15. The van der Waals surface area contributed by atoms with E-state index in [1.54, 1.807) is 25.4 Å². The van der Waals surface area contributed by atoms with Crippen LogP contribution in [-0.4, -0.2) is 57.2 Å². The van der Waals surface area contributed by atoms with Gasteiger partial charge < -0.3 is 14.6 Å². The zero-order valence-electron chi connectivity index (χ0n) is 20.9. The average molecular weight is 487 g/mol. The molecular formula is C26H27FN8O. The number of benzene rings is 1. The fraction of sp³-hybridized carbons (Fsp3) is 0.308. The first-order valence-corrected chi connectivity index (χ1v) is 11.4. The zero-order chi connectivity index (χ0) is 25.9. The SMILES string of the molecule is Cc1ncc(-c2ccnc(C(C)(C)C#N)c2)nc1-c1nnc(-c2ccc(F)cc2NCCN(C)C)o1. The Kier molecular flexibility index (Phi) is 7.03. The first-order chi connectivity index (χ1) is 17.2. The van der Waals surface area contributed by atoms with E-state index < -0.39 is 5.41 Å². The molecule has 184 valence electrons. The summed E-state index contributed by atoms with van der Waals surface area (Å²) in [5.74, 6) is 0.0783. The largest absolute Gasteiger partial charge is 0.414 e. The van der Waals surface area contributed by atoms with Crippen LogP contribution >= 0.6 is 0 Å². The van der Waals surface area contributed by atoms with Gasteiger partial charge in [-0.15, -0.1) is 10.2 Å². The molecule has 9 nitrogen and oxygen atoms in total. The number of aryl methyl sites for hydroxylation is 1. The molecule has 0 spiro atoms. The van der Waals surface area contributed by atoms with Gasteiger partial charge in [-0.1, -0.05) is 0 Å². The molecule has 0 unspecified atom stereocenters. The number of anilines is 1. The van der Waals surface area contributed by atoms with Crippen LogP contribution in [0.4, 0.5) is 10.1 Å². The number of hydrogen-bond donors (Lipinski definition) is 1. The van der Waals surface area contributed by atoms with Crippen molar-refractivity contribution in [1.82, 2.24) is 30.0 Å². The molecule has 1 aromatic carbocycles. The Hall–Kier alpha value is -4.23. The highest BCUT2D eigenvalue weighted by Crippen LogP contribution is 2.31. The minimum Gasteiger partial charge on any atom is -0.414 e. The first kappa shape index (κ1) is 24.9. The molecular weight excluding hydrogens is 459 g/mol. The fourth-order valence-corrected chi connectivity index (χ4v) is 3.47. The summed E-state index contributed by atoms with van der Waals surface area (Å²) in [5, 5.41) is 21.1. The van der Waals surface area contributed by atoms with Crippen LogP contribution in [0, 0.1) is 24.1 Å². The van der Waals surface area contributed by atoms with Crippen LogP contribution in [0.15, 0.2) is 47.1 Å². The number of aromatic nitrogens is 5. The van der Waals surface area contributed by atoms with E-state index >= 15 is 0 Å². The molecule has 0 aliphatic rings. The number of rotatable bonds is 8. The van der Waals surface area contributed by atoms with E-state index in [2.05, 4.69) is 31.6 Å².